The first-order chi connectivity index (χ1) is 33.4. The van der Waals surface area contributed by atoms with Crippen molar-refractivity contribution in [2.24, 2.45) is 0 Å². The van der Waals surface area contributed by atoms with Gasteiger partial charge >= 0.3 is 0 Å². The van der Waals surface area contributed by atoms with Crippen LogP contribution in [-0.2, 0) is 26.5 Å². The van der Waals surface area contributed by atoms with Crippen molar-refractivity contribution in [2.75, 3.05) is 0 Å². The van der Waals surface area contributed by atoms with E-state index in [4.69, 9.17) is 22.1 Å². The average molecular weight is 955 g/mol. The molecule has 0 aliphatic heterocycles. The third-order valence-corrected chi connectivity index (χ3v) is 10.3. The predicted octanol–water partition coefficient (Wildman–Crippen LogP) is 12.0. The molecule has 288 valence electrons. The van der Waals surface area contributed by atoms with Gasteiger partial charge in [0.15, 0.2) is 0 Å². The maximum absolute atomic E-state index is 9.78. The first-order valence-corrected chi connectivity index (χ1v) is 18.6. The number of hydrogen-bond acceptors (Lipinski definition) is 2. The minimum Gasteiger partial charge on any atom is -0.510 e. The molecule has 7 aromatic carbocycles. The summed E-state index contributed by atoms with van der Waals surface area (Å²) >= 11 is 0. The summed E-state index contributed by atoms with van der Waals surface area (Å²) < 4.78 is 119. The van der Waals surface area contributed by atoms with Gasteiger partial charge in [0, 0.05) is 60.7 Å². The second-order valence-corrected chi connectivity index (χ2v) is 14.8. The largest absolute Gasteiger partial charge is 0.510 e. The summed E-state index contributed by atoms with van der Waals surface area (Å²) in [5, 5.41) is 1.60. The number of pyridine rings is 1. The zero-order chi connectivity index (χ0) is 49.4. The van der Waals surface area contributed by atoms with Crippen LogP contribution < -0.4 is 9.30 Å². The molecular formula is C52H37N5OPt-2. The first kappa shape index (κ1) is 25.6. The number of benzene rings is 7. The van der Waals surface area contributed by atoms with Crippen LogP contribution in [0, 0.1) is 18.5 Å². The third-order valence-electron chi connectivity index (χ3n) is 10.3. The van der Waals surface area contributed by atoms with Crippen LogP contribution in [0.1, 0.15) is 42.8 Å². The fraction of sp³-hybridized carbons (Fsp3) is 0.0769. The van der Waals surface area contributed by atoms with Crippen molar-refractivity contribution in [1.82, 2.24) is 18.7 Å². The molecule has 4 heterocycles. The minimum atomic E-state index is -0.713. The quantitative estimate of drug-likeness (QED) is 0.123. The Morgan fingerprint density at radius 2 is 1.41 bits per heavy atom. The monoisotopic (exact) mass is 954 g/mol. The van der Waals surface area contributed by atoms with Crippen LogP contribution in [0.25, 0.3) is 77.5 Å². The van der Waals surface area contributed by atoms with E-state index in [-0.39, 0.29) is 54.0 Å². The summed E-state index contributed by atoms with van der Waals surface area (Å²) in [5.74, 6) is 1.51. The maximum Gasteiger partial charge on any atom is 0.268 e. The second-order valence-electron chi connectivity index (χ2n) is 14.8. The van der Waals surface area contributed by atoms with Gasteiger partial charge in [-0.05, 0) is 76.5 Å². The van der Waals surface area contributed by atoms with Crippen LogP contribution in [0.4, 0.5) is 0 Å². The molecule has 0 amide bonds. The Kier molecular flexibility index (Phi) is 6.18. The Labute approximate surface area is 373 Å². The second kappa shape index (κ2) is 14.3. The van der Waals surface area contributed by atoms with Gasteiger partial charge in [-0.15, -0.1) is 29.7 Å². The predicted molar refractivity (Wildman–Crippen MR) is 233 cm³/mol. The fourth-order valence-electron chi connectivity index (χ4n) is 7.52. The van der Waals surface area contributed by atoms with Gasteiger partial charge in [-0.25, -0.2) is 4.98 Å². The molecule has 0 saturated carbocycles. The molecule has 4 aromatic heterocycles. The van der Waals surface area contributed by atoms with Gasteiger partial charge < -0.3 is 18.4 Å². The summed E-state index contributed by atoms with van der Waals surface area (Å²) in [6, 6.07) is 27.8. The summed E-state index contributed by atoms with van der Waals surface area (Å²) in [4.78, 5) is 4.78. The summed E-state index contributed by atoms with van der Waals surface area (Å²) in [7, 11) is 0. The summed E-state index contributed by atoms with van der Waals surface area (Å²) in [6.45, 7) is 6.48. The Hall–Kier alpha value is -6.75. The Morgan fingerprint density at radius 3 is 2.27 bits per heavy atom. The number of imidazole rings is 1. The Morgan fingerprint density at radius 1 is 0.644 bits per heavy atom. The van der Waals surface area contributed by atoms with Gasteiger partial charge in [0.25, 0.3) is 6.33 Å². The van der Waals surface area contributed by atoms with Gasteiger partial charge in [-0.3, -0.25) is 4.57 Å². The van der Waals surface area contributed by atoms with Crippen molar-refractivity contribution >= 4 is 54.6 Å². The topological polar surface area (TPSA) is 40.8 Å². The number of aromatic nitrogens is 5. The normalized spacial score (nSPS) is 14.7. The molecule has 59 heavy (non-hydrogen) atoms. The van der Waals surface area contributed by atoms with Crippen molar-refractivity contribution < 1.29 is 46.8 Å². The number of para-hydroxylation sites is 5. The molecule has 0 fully saturated rings. The standard InChI is InChI=1S/C52H37N5O.Pt/c1-52(2,3)35-28-29-53-51(30-35)57-46-21-10-7-18-41(46)43-26-25-40(33-50(43)57)58-39-17-13-16-37(31-39)54-34-55(49-23-12-11-22-48(49)54)38-24-27-47-44(32-38)42-19-8-9-20-45(42)56(47)36-14-5-4-6-15-36;/h4-30,32H,1-3H3;/q-2;/i4D,5D,6D,8D,9D,14D,15D,19D,20D,24D,27D,32D;. The molecule has 0 aliphatic carbocycles. The number of ether oxygens (including phenoxy) is 1. The van der Waals surface area contributed by atoms with E-state index in [1.165, 1.54) is 4.57 Å². The van der Waals surface area contributed by atoms with Crippen molar-refractivity contribution in [3.05, 3.63) is 194 Å². The molecular weight excluding hydrogens is 906 g/mol. The van der Waals surface area contributed by atoms with E-state index < -0.39 is 78.2 Å². The first-order valence-electron chi connectivity index (χ1n) is 24.6. The van der Waals surface area contributed by atoms with Crippen LogP contribution in [0.3, 0.4) is 0 Å². The minimum absolute atomic E-state index is 0. The molecule has 0 radical (unpaired) electrons. The van der Waals surface area contributed by atoms with Crippen LogP contribution in [0.2, 0.25) is 0 Å². The third kappa shape index (κ3) is 6.14. The number of fused-ring (bicyclic) bond motifs is 7. The number of nitrogens with zero attached hydrogens (tertiary/aromatic N) is 5. The Bertz CT molecular complexity index is 4050. The molecule has 11 rings (SSSR count). The van der Waals surface area contributed by atoms with Gasteiger partial charge in [0.1, 0.15) is 5.82 Å². The molecule has 0 atom stereocenters. The molecule has 0 unspecified atom stereocenters. The van der Waals surface area contributed by atoms with Crippen LogP contribution >= 0.6 is 0 Å². The van der Waals surface area contributed by atoms with Gasteiger partial charge in [0.2, 0.25) is 0 Å². The summed E-state index contributed by atoms with van der Waals surface area (Å²) in [5.41, 5.74) is 2.97. The maximum atomic E-state index is 9.78. The molecule has 11 aromatic rings. The van der Waals surface area contributed by atoms with E-state index in [1.54, 1.807) is 47.0 Å². The number of hydrogen-bond donors (Lipinski definition) is 0. The summed E-state index contributed by atoms with van der Waals surface area (Å²) in [6.07, 6.45) is 5.08. The van der Waals surface area contributed by atoms with E-state index in [9.17, 15) is 4.11 Å². The molecule has 0 spiro atoms. The smallest absolute Gasteiger partial charge is 0.268 e. The van der Waals surface area contributed by atoms with Crippen LogP contribution in [-0.4, -0.2) is 18.7 Å². The van der Waals surface area contributed by atoms with Gasteiger partial charge in [-0.1, -0.05) is 105 Å². The molecule has 7 heteroatoms. The van der Waals surface area contributed by atoms with Gasteiger partial charge in [0.05, 0.1) is 44.2 Å². The molecule has 0 bridgehead atoms. The van der Waals surface area contributed by atoms with E-state index in [1.807, 2.05) is 36.5 Å². The molecule has 0 aliphatic rings. The van der Waals surface area contributed by atoms with E-state index in [2.05, 4.69) is 62.0 Å². The van der Waals surface area contributed by atoms with Crippen molar-refractivity contribution in [1.29, 1.82) is 0 Å². The zero-order valence-electron chi connectivity index (χ0n) is 43.7. The van der Waals surface area contributed by atoms with Crippen molar-refractivity contribution in [3.63, 3.8) is 0 Å². The van der Waals surface area contributed by atoms with Gasteiger partial charge in [-0.2, -0.15) is 18.2 Å². The van der Waals surface area contributed by atoms with E-state index >= 15 is 0 Å². The zero-order valence-corrected chi connectivity index (χ0v) is 34.0. The van der Waals surface area contributed by atoms with Crippen molar-refractivity contribution in [3.8, 4) is 34.4 Å². The van der Waals surface area contributed by atoms with Crippen molar-refractivity contribution in [2.45, 2.75) is 26.2 Å². The average Bonchev–Trinajstić information content (AvgIpc) is 4.02. The molecule has 6 nitrogen and oxygen atoms in total. The Balaban J connectivity index is 0.00000582. The van der Waals surface area contributed by atoms with Crippen LogP contribution in [0.15, 0.2) is 170 Å². The van der Waals surface area contributed by atoms with E-state index in [0.29, 0.717) is 28.2 Å². The number of rotatable bonds is 6. The SMILES string of the molecule is [2H]c1c([2H])c([2H])c(-n2c3c([2H])c([2H])c([2H])c([2H])c3c3c([2H])c(-[n+]4[c-]n(-c5[c-]c(Oc6[c-]c7c(cc6)c6ccccc6n7-c6cc(C(C)(C)C)ccn6)ccc5)c5ccccc54)c([2H])c([2H])c32)c([2H])c1[2H].[Pt]. The molecule has 0 saturated heterocycles. The molecule has 0 N–H and O–H groups in total. The van der Waals surface area contributed by atoms with E-state index in [0.717, 1.165) is 37.8 Å². The van der Waals surface area contributed by atoms with Crippen LogP contribution in [0.5, 0.6) is 11.5 Å². The fourth-order valence-corrected chi connectivity index (χ4v) is 7.52.